The maximum atomic E-state index is 12.2. The van der Waals surface area contributed by atoms with Gasteiger partial charge in [-0.3, -0.25) is 9.97 Å². The number of carbonyl (C=O) groups excluding carboxylic acids is 1. The molecule has 0 spiro atoms. The highest BCUT2D eigenvalue weighted by atomic mass is 32.1. The van der Waals surface area contributed by atoms with Crippen LogP contribution in [-0.2, 0) is 11.3 Å². The van der Waals surface area contributed by atoms with Crippen molar-refractivity contribution in [1.82, 2.24) is 24.8 Å². The van der Waals surface area contributed by atoms with E-state index < -0.39 is 0 Å². The first-order valence-electron chi connectivity index (χ1n) is 11.7. The second-order valence-corrected chi connectivity index (χ2v) is 9.21. The molecule has 5 rings (SSSR count). The van der Waals surface area contributed by atoms with Gasteiger partial charge in [0.1, 0.15) is 0 Å². The van der Waals surface area contributed by atoms with E-state index in [1.807, 2.05) is 54.9 Å². The van der Waals surface area contributed by atoms with E-state index in [1.165, 1.54) is 7.11 Å². The maximum Gasteiger partial charge on any atom is 0.337 e. The fraction of sp³-hybridized carbons (Fsp3) is 0.214. The lowest BCUT2D eigenvalue weighted by Gasteiger charge is -2.28. The van der Waals surface area contributed by atoms with E-state index in [1.54, 1.807) is 12.3 Å². The molecule has 0 saturated carbocycles. The number of aromatic nitrogens is 3. The maximum absolute atomic E-state index is 12.2. The third kappa shape index (κ3) is 4.35. The molecule has 0 unspecified atom stereocenters. The highest BCUT2D eigenvalue weighted by Crippen LogP contribution is 2.42. The van der Waals surface area contributed by atoms with Gasteiger partial charge in [-0.2, -0.15) is 0 Å². The van der Waals surface area contributed by atoms with Gasteiger partial charge in [0.2, 0.25) is 0 Å². The molecule has 1 N–H and O–H groups in total. The Kier molecular flexibility index (Phi) is 6.52. The van der Waals surface area contributed by atoms with Crippen LogP contribution in [0.4, 0.5) is 0 Å². The Hall–Kier alpha value is -4.04. The van der Waals surface area contributed by atoms with Gasteiger partial charge in [0.05, 0.1) is 30.5 Å². The van der Waals surface area contributed by atoms with Gasteiger partial charge >= 0.3 is 5.97 Å². The summed E-state index contributed by atoms with van der Waals surface area (Å²) in [6.45, 7) is 4.80. The Morgan fingerprint density at radius 1 is 1.08 bits per heavy atom. The Balaban J connectivity index is 1.61. The fourth-order valence-corrected chi connectivity index (χ4v) is 5.28. The molecular weight excluding hydrogens is 470 g/mol. The van der Waals surface area contributed by atoms with Gasteiger partial charge in [-0.25, -0.2) is 4.79 Å². The molecule has 182 valence electrons. The topological polar surface area (TPSA) is 72.3 Å². The Labute approximate surface area is 215 Å². The number of esters is 1. The average Bonchev–Trinajstić information content (AvgIpc) is 3.39. The average molecular weight is 498 g/mol. The number of methoxy groups -OCH3 is 1. The van der Waals surface area contributed by atoms with Crippen LogP contribution < -0.4 is 5.32 Å². The van der Waals surface area contributed by atoms with Crippen LogP contribution in [0.25, 0.3) is 5.69 Å². The van der Waals surface area contributed by atoms with Crippen molar-refractivity contribution in [3.63, 3.8) is 0 Å². The van der Waals surface area contributed by atoms with E-state index in [2.05, 4.69) is 50.7 Å². The van der Waals surface area contributed by atoms with Crippen LogP contribution in [0, 0.1) is 13.8 Å². The molecule has 0 bridgehead atoms. The zero-order chi connectivity index (χ0) is 25.2. The summed E-state index contributed by atoms with van der Waals surface area (Å²) in [5, 5.41) is 4.20. The molecule has 1 saturated heterocycles. The molecule has 8 heteroatoms. The molecule has 2 atom stereocenters. The predicted octanol–water partition coefficient (Wildman–Crippen LogP) is 4.84. The van der Waals surface area contributed by atoms with Gasteiger partial charge in [-0.1, -0.05) is 18.2 Å². The van der Waals surface area contributed by atoms with Crippen molar-refractivity contribution in [1.29, 1.82) is 0 Å². The van der Waals surface area contributed by atoms with Crippen molar-refractivity contribution in [2.75, 3.05) is 7.11 Å². The van der Waals surface area contributed by atoms with Crippen LogP contribution in [0.15, 0.2) is 79.3 Å². The zero-order valence-electron chi connectivity index (χ0n) is 20.4. The van der Waals surface area contributed by atoms with Gasteiger partial charge < -0.3 is 19.5 Å². The standard InChI is InChI=1S/C28H27N5O2S/c1-18-14-23(19(2)33(18)22-10-6-9-21(15-22)27(34)35-3)26-25(24-11-4-5-13-30-24)31-28(36)32(26)17-20-8-7-12-29-16-20/h4-16,25-26H,17H2,1-3H3,(H,31,36)/t25-,26-/m1/s1. The summed E-state index contributed by atoms with van der Waals surface area (Å²) in [5.74, 6) is -0.359. The van der Waals surface area contributed by atoms with Crippen LogP contribution in [0.1, 0.15) is 50.7 Å². The summed E-state index contributed by atoms with van der Waals surface area (Å²) in [4.78, 5) is 23.3. The number of ether oxygens (including phenoxy) is 1. The summed E-state index contributed by atoms with van der Waals surface area (Å²) in [6, 6.07) is 19.4. The number of rotatable bonds is 6. The second-order valence-electron chi connectivity index (χ2n) is 8.82. The van der Waals surface area contributed by atoms with Crippen molar-refractivity contribution in [2.24, 2.45) is 0 Å². The summed E-state index contributed by atoms with van der Waals surface area (Å²) < 4.78 is 7.10. The summed E-state index contributed by atoms with van der Waals surface area (Å²) in [5.41, 5.74) is 6.69. The highest BCUT2D eigenvalue weighted by Gasteiger charge is 2.41. The molecule has 1 fully saturated rings. The molecule has 0 aliphatic carbocycles. The smallest absolute Gasteiger partial charge is 0.337 e. The molecular formula is C28H27N5O2S. The van der Waals surface area contributed by atoms with Crippen molar-refractivity contribution in [2.45, 2.75) is 32.5 Å². The SMILES string of the molecule is COC(=O)c1cccc(-n2c(C)cc([C@@H]3[C@@H](c4ccccn4)NC(=S)N3Cc3cccnc3)c2C)c1. The van der Waals surface area contributed by atoms with Gasteiger partial charge in [-0.05, 0) is 79.7 Å². The molecule has 1 aromatic carbocycles. The number of nitrogens with one attached hydrogen (secondary N) is 1. The molecule has 4 heterocycles. The van der Waals surface area contributed by atoms with Crippen LogP contribution in [0.5, 0.6) is 0 Å². The minimum Gasteiger partial charge on any atom is -0.465 e. The number of benzene rings is 1. The molecule has 4 aromatic rings. The van der Waals surface area contributed by atoms with Gasteiger partial charge in [-0.15, -0.1) is 0 Å². The first-order chi connectivity index (χ1) is 17.5. The number of aryl methyl sites for hydroxylation is 1. The molecule has 7 nitrogen and oxygen atoms in total. The minimum atomic E-state index is -0.359. The Morgan fingerprint density at radius 2 is 1.94 bits per heavy atom. The Morgan fingerprint density at radius 3 is 2.67 bits per heavy atom. The lowest BCUT2D eigenvalue weighted by atomic mass is 9.96. The van der Waals surface area contributed by atoms with Crippen molar-refractivity contribution in [3.8, 4) is 5.69 Å². The van der Waals surface area contributed by atoms with Crippen molar-refractivity contribution in [3.05, 3.63) is 113 Å². The van der Waals surface area contributed by atoms with E-state index in [4.69, 9.17) is 17.0 Å². The predicted molar refractivity (Wildman–Crippen MR) is 142 cm³/mol. The molecule has 1 aliphatic rings. The summed E-state index contributed by atoms with van der Waals surface area (Å²) >= 11 is 5.84. The Bertz CT molecular complexity index is 1400. The van der Waals surface area contributed by atoms with Gasteiger partial charge in [0.15, 0.2) is 5.11 Å². The summed E-state index contributed by atoms with van der Waals surface area (Å²) in [7, 11) is 1.39. The second kappa shape index (κ2) is 9.91. The molecule has 3 aromatic heterocycles. The fourth-order valence-electron chi connectivity index (χ4n) is 4.98. The van der Waals surface area contributed by atoms with E-state index in [9.17, 15) is 4.79 Å². The number of hydrogen-bond acceptors (Lipinski definition) is 5. The van der Waals surface area contributed by atoms with E-state index >= 15 is 0 Å². The van der Waals surface area contributed by atoms with Crippen molar-refractivity contribution >= 4 is 23.3 Å². The third-order valence-corrected chi connectivity index (χ3v) is 6.94. The summed E-state index contributed by atoms with van der Waals surface area (Å²) in [6.07, 6.45) is 5.45. The first-order valence-corrected chi connectivity index (χ1v) is 12.1. The molecule has 1 aliphatic heterocycles. The molecule has 0 radical (unpaired) electrons. The first kappa shape index (κ1) is 23.7. The van der Waals surface area contributed by atoms with Crippen LogP contribution in [0.3, 0.4) is 0 Å². The highest BCUT2D eigenvalue weighted by molar-refractivity contribution is 7.80. The normalized spacial score (nSPS) is 17.2. The number of pyridine rings is 2. The van der Waals surface area contributed by atoms with Gasteiger partial charge in [0, 0.05) is 42.2 Å². The third-order valence-electron chi connectivity index (χ3n) is 6.59. The van der Waals surface area contributed by atoms with Crippen LogP contribution in [-0.4, -0.2) is 37.6 Å². The van der Waals surface area contributed by atoms with Crippen LogP contribution in [0.2, 0.25) is 0 Å². The lowest BCUT2D eigenvalue weighted by molar-refractivity contribution is 0.0600. The number of carbonyl (C=O) groups is 1. The zero-order valence-corrected chi connectivity index (χ0v) is 21.2. The van der Waals surface area contributed by atoms with Crippen LogP contribution >= 0.6 is 12.2 Å². The minimum absolute atomic E-state index is 0.0867. The van der Waals surface area contributed by atoms with E-state index in [0.29, 0.717) is 17.2 Å². The lowest BCUT2D eigenvalue weighted by Crippen LogP contribution is -2.29. The number of hydrogen-bond donors (Lipinski definition) is 1. The monoisotopic (exact) mass is 497 g/mol. The van der Waals surface area contributed by atoms with Crippen molar-refractivity contribution < 1.29 is 9.53 Å². The van der Waals surface area contributed by atoms with Gasteiger partial charge in [0.25, 0.3) is 0 Å². The van der Waals surface area contributed by atoms with E-state index in [-0.39, 0.29) is 18.1 Å². The molecule has 36 heavy (non-hydrogen) atoms. The number of nitrogens with zero attached hydrogens (tertiary/aromatic N) is 4. The quantitative estimate of drug-likeness (QED) is 0.302. The number of thiocarbonyl (C=S) groups is 1. The molecule has 0 amide bonds. The largest absolute Gasteiger partial charge is 0.465 e. The van der Waals surface area contributed by atoms with E-state index in [0.717, 1.165) is 33.9 Å².